The van der Waals surface area contributed by atoms with E-state index in [0.29, 0.717) is 6.54 Å². The summed E-state index contributed by atoms with van der Waals surface area (Å²) < 4.78 is 1.72. The van der Waals surface area contributed by atoms with Crippen LogP contribution in [0.1, 0.15) is 45.1 Å². The van der Waals surface area contributed by atoms with E-state index in [4.69, 9.17) is 11.6 Å². The van der Waals surface area contributed by atoms with Crippen LogP contribution in [0.15, 0.2) is 42.5 Å². The van der Waals surface area contributed by atoms with Crippen molar-refractivity contribution in [1.82, 2.24) is 14.8 Å². The Kier molecular flexibility index (Phi) is 4.79. The molecule has 3 rings (SSSR count). The highest BCUT2D eigenvalue weighted by molar-refractivity contribution is 6.30. The van der Waals surface area contributed by atoms with Crippen LogP contribution in [-0.4, -0.2) is 25.5 Å². The normalized spacial score (nSPS) is 25.6. The molecule has 1 saturated carbocycles. The summed E-state index contributed by atoms with van der Waals surface area (Å²) in [6.45, 7) is 4.70. The molecular weight excluding hydrogens is 322 g/mol. The largest absolute Gasteiger partial charge is 0.383 e. The van der Waals surface area contributed by atoms with Gasteiger partial charge in [-0.3, -0.25) is 0 Å². The molecule has 0 bridgehead atoms. The van der Waals surface area contributed by atoms with Crippen molar-refractivity contribution < 1.29 is 5.11 Å². The van der Waals surface area contributed by atoms with Gasteiger partial charge in [0.1, 0.15) is 18.3 Å². The van der Waals surface area contributed by atoms with E-state index in [1.807, 2.05) is 24.3 Å². The van der Waals surface area contributed by atoms with Crippen molar-refractivity contribution in [3.63, 3.8) is 0 Å². The summed E-state index contributed by atoms with van der Waals surface area (Å²) in [7, 11) is 0. The van der Waals surface area contributed by atoms with Crippen molar-refractivity contribution in [2.75, 3.05) is 0 Å². The van der Waals surface area contributed by atoms with Crippen molar-refractivity contribution in [2.24, 2.45) is 5.41 Å². The molecule has 4 nitrogen and oxygen atoms in total. The van der Waals surface area contributed by atoms with Crippen molar-refractivity contribution in [3.05, 3.63) is 53.1 Å². The fraction of sp³-hybridized carbons (Fsp3) is 0.474. The van der Waals surface area contributed by atoms with E-state index in [1.54, 1.807) is 11.0 Å². The Morgan fingerprint density at radius 2 is 2.00 bits per heavy atom. The van der Waals surface area contributed by atoms with Crippen molar-refractivity contribution in [1.29, 1.82) is 0 Å². The average molecular weight is 346 g/mol. The molecule has 24 heavy (non-hydrogen) atoms. The molecule has 2 aromatic rings. The summed E-state index contributed by atoms with van der Waals surface area (Å²) in [4.78, 5) is 4.02. The molecule has 0 spiro atoms. The van der Waals surface area contributed by atoms with E-state index in [9.17, 15) is 5.11 Å². The van der Waals surface area contributed by atoms with Gasteiger partial charge in [0.2, 0.25) is 0 Å². The third kappa shape index (κ3) is 3.40. The SMILES string of the molecule is CC1(C)CCCC/C(=C/c2ccc(Cl)cc2)C1(O)Cn1cncn1. The molecule has 0 saturated heterocycles. The van der Waals surface area contributed by atoms with Crippen molar-refractivity contribution in [3.8, 4) is 0 Å². The fourth-order valence-electron chi connectivity index (χ4n) is 3.55. The van der Waals surface area contributed by atoms with Crippen LogP contribution < -0.4 is 0 Å². The van der Waals surface area contributed by atoms with Gasteiger partial charge in [-0.1, -0.05) is 50.1 Å². The Morgan fingerprint density at radius 1 is 1.25 bits per heavy atom. The Bertz CT molecular complexity index is 707. The van der Waals surface area contributed by atoms with Crippen LogP contribution in [0.2, 0.25) is 5.02 Å². The molecule has 1 N–H and O–H groups in total. The van der Waals surface area contributed by atoms with E-state index >= 15 is 0 Å². The zero-order chi connectivity index (χ0) is 17.2. The van der Waals surface area contributed by atoms with Crippen LogP contribution in [0.3, 0.4) is 0 Å². The molecule has 1 aromatic carbocycles. The summed E-state index contributed by atoms with van der Waals surface area (Å²) in [6.07, 6.45) is 9.36. The quantitative estimate of drug-likeness (QED) is 0.841. The first-order chi connectivity index (χ1) is 11.4. The molecular formula is C19H24ClN3O. The Balaban J connectivity index is 2.03. The fourth-order valence-corrected chi connectivity index (χ4v) is 3.67. The minimum absolute atomic E-state index is 0.242. The molecule has 0 amide bonds. The van der Waals surface area contributed by atoms with Crippen LogP contribution in [0.25, 0.3) is 6.08 Å². The predicted octanol–water partition coefficient (Wildman–Crippen LogP) is 4.35. The van der Waals surface area contributed by atoms with Gasteiger partial charge in [-0.15, -0.1) is 0 Å². The van der Waals surface area contributed by atoms with Gasteiger partial charge in [0.25, 0.3) is 0 Å². The van der Waals surface area contributed by atoms with Gasteiger partial charge in [0.15, 0.2) is 0 Å². The number of aliphatic hydroxyl groups is 1. The maximum atomic E-state index is 11.7. The summed E-state index contributed by atoms with van der Waals surface area (Å²) in [5.41, 5.74) is 0.914. The van der Waals surface area contributed by atoms with E-state index in [-0.39, 0.29) is 5.41 Å². The Hall–Kier alpha value is -1.65. The Morgan fingerprint density at radius 3 is 2.67 bits per heavy atom. The minimum atomic E-state index is -0.961. The summed E-state index contributed by atoms with van der Waals surface area (Å²) in [5, 5.41) is 16.7. The first-order valence-electron chi connectivity index (χ1n) is 8.42. The summed E-state index contributed by atoms with van der Waals surface area (Å²) in [6, 6.07) is 7.74. The van der Waals surface area contributed by atoms with Gasteiger partial charge in [-0.25, -0.2) is 9.67 Å². The molecule has 1 aliphatic carbocycles. The lowest BCUT2D eigenvalue weighted by Crippen LogP contribution is -2.49. The van der Waals surface area contributed by atoms with E-state index in [0.717, 1.165) is 41.8 Å². The lowest BCUT2D eigenvalue weighted by atomic mass is 9.69. The maximum Gasteiger partial charge on any atom is 0.137 e. The summed E-state index contributed by atoms with van der Waals surface area (Å²) >= 11 is 5.99. The second-order valence-electron chi connectivity index (χ2n) is 7.27. The van der Waals surface area contributed by atoms with Gasteiger partial charge in [0, 0.05) is 5.02 Å². The van der Waals surface area contributed by atoms with Crippen molar-refractivity contribution >= 4 is 17.7 Å². The van der Waals surface area contributed by atoms with Crippen LogP contribution in [0.4, 0.5) is 0 Å². The first kappa shape index (κ1) is 17.2. The van der Waals surface area contributed by atoms with Gasteiger partial charge < -0.3 is 5.11 Å². The van der Waals surface area contributed by atoms with Crippen LogP contribution in [0.5, 0.6) is 0 Å². The van der Waals surface area contributed by atoms with Crippen LogP contribution in [-0.2, 0) is 6.54 Å². The Labute approximate surface area is 148 Å². The van der Waals surface area contributed by atoms with Crippen molar-refractivity contribution in [2.45, 2.75) is 51.7 Å². The zero-order valence-corrected chi connectivity index (χ0v) is 15.0. The lowest BCUT2D eigenvalue weighted by Gasteiger charge is -2.43. The number of aromatic nitrogens is 3. The van der Waals surface area contributed by atoms with E-state index in [2.05, 4.69) is 30.0 Å². The molecule has 1 aliphatic rings. The first-order valence-corrected chi connectivity index (χ1v) is 8.80. The number of halogens is 1. The molecule has 5 heteroatoms. The minimum Gasteiger partial charge on any atom is -0.383 e. The van der Waals surface area contributed by atoms with Gasteiger partial charge in [-0.2, -0.15) is 5.10 Å². The highest BCUT2D eigenvalue weighted by Crippen LogP contribution is 2.46. The second-order valence-corrected chi connectivity index (χ2v) is 7.70. The average Bonchev–Trinajstić information content (AvgIpc) is 3.01. The molecule has 1 unspecified atom stereocenters. The summed E-state index contributed by atoms with van der Waals surface area (Å²) in [5.74, 6) is 0. The number of nitrogens with zero attached hydrogens (tertiary/aromatic N) is 3. The standard InChI is InChI=1S/C19H24ClN3O/c1-18(2)10-4-3-5-16(11-15-6-8-17(20)9-7-15)19(18,24)12-23-14-21-13-22-23/h6-9,11,13-14,24H,3-5,10,12H2,1-2H3/b16-11-. The molecule has 1 aromatic heterocycles. The smallest absolute Gasteiger partial charge is 0.137 e. The third-order valence-corrected chi connectivity index (χ3v) is 5.47. The molecule has 1 heterocycles. The molecule has 0 aliphatic heterocycles. The number of hydrogen-bond acceptors (Lipinski definition) is 3. The number of rotatable bonds is 3. The second kappa shape index (κ2) is 6.69. The van der Waals surface area contributed by atoms with E-state index in [1.165, 1.54) is 6.33 Å². The molecule has 0 radical (unpaired) electrons. The maximum absolute atomic E-state index is 11.7. The number of hydrogen-bond donors (Lipinski definition) is 1. The molecule has 128 valence electrons. The molecule has 1 fully saturated rings. The lowest BCUT2D eigenvalue weighted by molar-refractivity contribution is -0.0517. The predicted molar refractivity (Wildman–Crippen MR) is 96.6 cm³/mol. The van der Waals surface area contributed by atoms with Gasteiger partial charge in [0.05, 0.1) is 6.54 Å². The zero-order valence-electron chi connectivity index (χ0n) is 14.2. The van der Waals surface area contributed by atoms with Gasteiger partial charge in [-0.05, 0) is 47.9 Å². The molecule has 1 atom stereocenters. The van der Waals surface area contributed by atoms with E-state index < -0.39 is 5.60 Å². The van der Waals surface area contributed by atoms with Crippen LogP contribution >= 0.6 is 11.6 Å². The monoisotopic (exact) mass is 345 g/mol. The van der Waals surface area contributed by atoms with Gasteiger partial charge >= 0.3 is 0 Å². The van der Waals surface area contributed by atoms with Crippen LogP contribution in [0, 0.1) is 5.41 Å². The highest BCUT2D eigenvalue weighted by atomic mass is 35.5. The third-order valence-electron chi connectivity index (χ3n) is 5.22. The topological polar surface area (TPSA) is 50.9 Å². The highest BCUT2D eigenvalue weighted by Gasteiger charge is 2.47. The number of benzene rings is 1.